The second-order valence-electron chi connectivity index (χ2n) is 6.05. The van der Waals surface area contributed by atoms with Crippen LogP contribution in [0.5, 0.6) is 0 Å². The minimum Gasteiger partial charge on any atom is -0.329 e. The largest absolute Gasteiger partial charge is 0.329 e. The topological polar surface area (TPSA) is 108 Å². The lowest BCUT2D eigenvalue weighted by atomic mass is 10.3. The van der Waals surface area contributed by atoms with Crippen LogP contribution in [0.15, 0.2) is 40.6 Å². The molecule has 146 valence electrons. The SMILES string of the molecule is Cc1nn(CC(=O)Nc2cc(Cl)ccc2Sc2nccn2C)c(C)c1[N+](=O)[O-]. The number of carbonyl (C=O) groups is 1. The molecular formula is C17H17ClN6O3S. The van der Waals surface area contributed by atoms with Gasteiger partial charge in [-0.15, -0.1) is 0 Å². The molecule has 11 heteroatoms. The number of hydrogen-bond donors (Lipinski definition) is 1. The quantitative estimate of drug-likeness (QED) is 0.482. The number of hydrogen-bond acceptors (Lipinski definition) is 6. The molecule has 1 amide bonds. The fourth-order valence-electron chi connectivity index (χ4n) is 2.67. The third-order valence-corrected chi connectivity index (χ3v) is 5.40. The van der Waals surface area contributed by atoms with Gasteiger partial charge < -0.3 is 9.88 Å². The summed E-state index contributed by atoms with van der Waals surface area (Å²) < 4.78 is 3.18. The van der Waals surface area contributed by atoms with Crippen molar-refractivity contribution >= 4 is 40.6 Å². The molecule has 2 heterocycles. The molecule has 0 unspecified atom stereocenters. The van der Waals surface area contributed by atoms with Crippen LogP contribution in [-0.4, -0.2) is 30.2 Å². The van der Waals surface area contributed by atoms with E-state index in [9.17, 15) is 14.9 Å². The molecule has 0 atom stereocenters. The molecule has 0 fully saturated rings. The maximum Gasteiger partial charge on any atom is 0.312 e. The van der Waals surface area contributed by atoms with Crippen LogP contribution in [0.4, 0.5) is 11.4 Å². The van der Waals surface area contributed by atoms with Gasteiger partial charge in [-0.2, -0.15) is 5.10 Å². The number of carbonyl (C=O) groups excluding carboxylic acids is 1. The molecule has 3 rings (SSSR count). The van der Waals surface area contributed by atoms with Gasteiger partial charge in [0, 0.05) is 29.4 Å². The Kier molecular flexibility index (Phi) is 5.71. The number of imidazole rings is 1. The van der Waals surface area contributed by atoms with Gasteiger partial charge in [-0.05, 0) is 43.8 Å². The van der Waals surface area contributed by atoms with Crippen molar-refractivity contribution in [3.8, 4) is 0 Å². The lowest BCUT2D eigenvalue weighted by molar-refractivity contribution is -0.386. The summed E-state index contributed by atoms with van der Waals surface area (Å²) in [5.41, 5.74) is 1.04. The molecule has 9 nitrogen and oxygen atoms in total. The predicted octanol–water partition coefficient (Wildman–Crippen LogP) is 3.58. The molecule has 0 spiro atoms. The van der Waals surface area contributed by atoms with Crippen molar-refractivity contribution in [2.75, 3.05) is 5.32 Å². The van der Waals surface area contributed by atoms with Crippen molar-refractivity contribution in [1.82, 2.24) is 19.3 Å². The summed E-state index contributed by atoms with van der Waals surface area (Å²) in [6, 6.07) is 5.17. The zero-order valence-electron chi connectivity index (χ0n) is 15.3. The van der Waals surface area contributed by atoms with Crippen LogP contribution in [0, 0.1) is 24.0 Å². The molecule has 2 aromatic heterocycles. The Bertz CT molecular complexity index is 1060. The van der Waals surface area contributed by atoms with Crippen LogP contribution in [-0.2, 0) is 18.4 Å². The summed E-state index contributed by atoms with van der Waals surface area (Å²) in [6.45, 7) is 2.95. The number of anilines is 1. The Balaban J connectivity index is 1.81. The summed E-state index contributed by atoms with van der Waals surface area (Å²) in [5, 5.41) is 19.2. The smallest absolute Gasteiger partial charge is 0.312 e. The minimum atomic E-state index is -0.495. The summed E-state index contributed by atoms with van der Waals surface area (Å²) in [6.07, 6.45) is 3.51. The molecule has 0 aliphatic rings. The van der Waals surface area contributed by atoms with Gasteiger partial charge in [0.25, 0.3) is 0 Å². The number of rotatable bonds is 6. The first-order chi connectivity index (χ1) is 13.3. The maximum atomic E-state index is 12.5. The first-order valence-corrected chi connectivity index (χ1v) is 9.38. The van der Waals surface area contributed by atoms with Gasteiger partial charge in [-0.1, -0.05) is 11.6 Å². The zero-order chi connectivity index (χ0) is 20.4. The molecule has 0 bridgehead atoms. The number of aryl methyl sites for hydroxylation is 2. The summed E-state index contributed by atoms with van der Waals surface area (Å²) in [4.78, 5) is 28.2. The Morgan fingerprint density at radius 1 is 1.39 bits per heavy atom. The minimum absolute atomic E-state index is 0.0819. The molecular weight excluding hydrogens is 404 g/mol. The van der Waals surface area contributed by atoms with Crippen molar-refractivity contribution in [1.29, 1.82) is 0 Å². The van der Waals surface area contributed by atoms with Crippen molar-refractivity contribution in [2.45, 2.75) is 30.4 Å². The summed E-state index contributed by atoms with van der Waals surface area (Å²) in [5.74, 6) is -0.371. The van der Waals surface area contributed by atoms with E-state index in [-0.39, 0.29) is 23.8 Å². The van der Waals surface area contributed by atoms with Crippen molar-refractivity contribution < 1.29 is 9.72 Å². The zero-order valence-corrected chi connectivity index (χ0v) is 16.9. The first kappa shape index (κ1) is 19.9. The molecule has 1 aromatic carbocycles. The second kappa shape index (κ2) is 8.03. The number of halogens is 1. The summed E-state index contributed by atoms with van der Waals surface area (Å²) in [7, 11) is 1.87. The van der Waals surface area contributed by atoms with Gasteiger partial charge in [0.15, 0.2) is 5.16 Å². The molecule has 0 saturated heterocycles. The van der Waals surface area contributed by atoms with Crippen molar-refractivity contribution in [2.24, 2.45) is 7.05 Å². The number of nitrogens with one attached hydrogen (secondary N) is 1. The number of nitro groups is 1. The average molecular weight is 421 g/mol. The van der Waals surface area contributed by atoms with Gasteiger partial charge >= 0.3 is 5.69 Å². The van der Waals surface area contributed by atoms with E-state index < -0.39 is 4.92 Å². The molecule has 0 aliphatic carbocycles. The highest BCUT2D eigenvalue weighted by molar-refractivity contribution is 7.99. The van der Waals surface area contributed by atoms with Crippen LogP contribution in [0.25, 0.3) is 0 Å². The fourth-order valence-corrected chi connectivity index (χ4v) is 3.71. The standard InChI is InChI=1S/C17H17ClN6O3S/c1-10-16(24(26)27)11(2)23(21-10)9-15(25)20-13-8-12(18)4-5-14(13)28-17-19-6-7-22(17)3/h4-8H,9H2,1-3H3,(H,20,25). The fraction of sp³-hybridized carbons (Fsp3) is 0.235. The predicted molar refractivity (Wildman–Crippen MR) is 106 cm³/mol. The first-order valence-electron chi connectivity index (χ1n) is 8.19. The highest BCUT2D eigenvalue weighted by atomic mass is 35.5. The molecule has 1 N–H and O–H groups in total. The van der Waals surface area contributed by atoms with E-state index in [2.05, 4.69) is 15.4 Å². The van der Waals surface area contributed by atoms with Crippen LogP contribution in [0.2, 0.25) is 5.02 Å². The number of benzene rings is 1. The molecule has 0 saturated carbocycles. The number of aromatic nitrogens is 4. The van der Waals surface area contributed by atoms with Crippen molar-refractivity contribution in [3.63, 3.8) is 0 Å². The summed E-state index contributed by atoms with van der Waals surface area (Å²) >= 11 is 7.47. The van der Waals surface area contributed by atoms with Crippen LogP contribution >= 0.6 is 23.4 Å². The van der Waals surface area contributed by atoms with Crippen LogP contribution < -0.4 is 5.32 Å². The van der Waals surface area contributed by atoms with Gasteiger partial charge in [-0.3, -0.25) is 19.6 Å². The van der Waals surface area contributed by atoms with Gasteiger partial charge in [0.1, 0.15) is 17.9 Å². The molecule has 3 aromatic rings. The van der Waals surface area contributed by atoms with E-state index in [0.717, 1.165) is 10.1 Å². The van der Waals surface area contributed by atoms with Gasteiger partial charge in [0.2, 0.25) is 5.91 Å². The van der Waals surface area contributed by atoms with E-state index in [0.29, 0.717) is 16.4 Å². The monoisotopic (exact) mass is 420 g/mol. The second-order valence-corrected chi connectivity index (χ2v) is 7.49. The molecule has 0 radical (unpaired) electrons. The highest BCUT2D eigenvalue weighted by Gasteiger charge is 2.23. The van der Waals surface area contributed by atoms with E-state index in [1.165, 1.54) is 23.4 Å². The van der Waals surface area contributed by atoms with E-state index >= 15 is 0 Å². The van der Waals surface area contributed by atoms with Crippen LogP contribution in [0.1, 0.15) is 11.4 Å². The normalized spacial score (nSPS) is 10.9. The van der Waals surface area contributed by atoms with Crippen molar-refractivity contribution in [3.05, 3.63) is 57.1 Å². The molecule has 28 heavy (non-hydrogen) atoms. The van der Waals surface area contributed by atoms with E-state index in [1.807, 2.05) is 17.8 Å². The van der Waals surface area contributed by atoms with E-state index in [4.69, 9.17) is 11.6 Å². The molecule has 0 aliphatic heterocycles. The van der Waals surface area contributed by atoms with Crippen LogP contribution in [0.3, 0.4) is 0 Å². The Morgan fingerprint density at radius 2 is 2.14 bits per heavy atom. The Hall–Kier alpha value is -2.85. The number of nitrogens with zero attached hydrogens (tertiary/aromatic N) is 5. The highest BCUT2D eigenvalue weighted by Crippen LogP contribution is 2.34. The lowest BCUT2D eigenvalue weighted by Crippen LogP contribution is -2.20. The Labute approximate surface area is 169 Å². The third kappa shape index (κ3) is 4.18. The Morgan fingerprint density at radius 3 is 2.75 bits per heavy atom. The van der Waals surface area contributed by atoms with Gasteiger partial charge in [0.05, 0.1) is 10.6 Å². The maximum absolute atomic E-state index is 12.5. The lowest BCUT2D eigenvalue weighted by Gasteiger charge is -2.12. The van der Waals surface area contributed by atoms with Gasteiger partial charge in [-0.25, -0.2) is 4.98 Å². The average Bonchev–Trinajstić information content (AvgIpc) is 3.13. The number of amides is 1. The third-order valence-electron chi connectivity index (χ3n) is 4.01. The van der Waals surface area contributed by atoms with E-state index in [1.54, 1.807) is 31.3 Å².